The van der Waals surface area contributed by atoms with Crippen molar-refractivity contribution in [2.24, 2.45) is 5.92 Å². The zero-order chi connectivity index (χ0) is 13.0. The Morgan fingerprint density at radius 2 is 2.17 bits per heavy atom. The summed E-state index contributed by atoms with van der Waals surface area (Å²) in [6.45, 7) is 3.39. The summed E-state index contributed by atoms with van der Waals surface area (Å²) >= 11 is 6.26. The summed E-state index contributed by atoms with van der Waals surface area (Å²) in [6, 6.07) is 4.02. The second-order valence-electron chi connectivity index (χ2n) is 4.87. The standard InChI is InChI=1S/C14H20ClNO2/c1-10-6-12(8-16-17-2)14(13(15)7-10)18-9-11-4-3-5-11/h6-7,11,16H,3-5,8-9H2,1-2H3. The van der Waals surface area contributed by atoms with E-state index in [9.17, 15) is 0 Å². The number of aryl methyl sites for hydroxylation is 1. The number of rotatable bonds is 6. The fourth-order valence-corrected chi connectivity index (χ4v) is 2.45. The van der Waals surface area contributed by atoms with Gasteiger partial charge in [-0.3, -0.25) is 0 Å². The van der Waals surface area contributed by atoms with E-state index in [4.69, 9.17) is 21.2 Å². The lowest BCUT2D eigenvalue weighted by Gasteiger charge is -2.26. The number of benzene rings is 1. The van der Waals surface area contributed by atoms with Crippen molar-refractivity contribution >= 4 is 11.6 Å². The molecule has 3 nitrogen and oxygen atoms in total. The van der Waals surface area contributed by atoms with E-state index in [1.54, 1.807) is 7.11 Å². The van der Waals surface area contributed by atoms with Crippen LogP contribution in [0.3, 0.4) is 0 Å². The third-order valence-corrected chi connectivity index (χ3v) is 3.64. The molecule has 0 aliphatic heterocycles. The van der Waals surface area contributed by atoms with Gasteiger partial charge in [0.15, 0.2) is 0 Å². The van der Waals surface area contributed by atoms with Gasteiger partial charge in [0.25, 0.3) is 0 Å². The van der Waals surface area contributed by atoms with Crippen LogP contribution in [0.5, 0.6) is 5.75 Å². The molecule has 0 radical (unpaired) electrons. The van der Waals surface area contributed by atoms with Crippen LogP contribution in [0.15, 0.2) is 12.1 Å². The zero-order valence-corrected chi connectivity index (χ0v) is 11.7. The number of hydrogen-bond donors (Lipinski definition) is 1. The van der Waals surface area contributed by atoms with E-state index in [2.05, 4.69) is 11.5 Å². The molecule has 1 aromatic rings. The van der Waals surface area contributed by atoms with Gasteiger partial charge < -0.3 is 9.57 Å². The van der Waals surface area contributed by atoms with E-state index in [1.807, 2.05) is 13.0 Å². The van der Waals surface area contributed by atoms with Gasteiger partial charge in [-0.2, -0.15) is 5.48 Å². The highest BCUT2D eigenvalue weighted by Crippen LogP contribution is 2.33. The number of hydrogen-bond acceptors (Lipinski definition) is 3. The molecule has 2 rings (SSSR count). The first-order valence-corrected chi connectivity index (χ1v) is 6.76. The van der Waals surface area contributed by atoms with Gasteiger partial charge in [0.1, 0.15) is 5.75 Å². The normalized spacial score (nSPS) is 15.5. The Morgan fingerprint density at radius 1 is 1.39 bits per heavy atom. The lowest BCUT2D eigenvalue weighted by atomic mass is 9.86. The fraction of sp³-hybridized carbons (Fsp3) is 0.571. The Bertz CT molecular complexity index is 405. The maximum atomic E-state index is 6.26. The summed E-state index contributed by atoms with van der Waals surface area (Å²) in [4.78, 5) is 4.89. The molecule has 0 heterocycles. The highest BCUT2D eigenvalue weighted by molar-refractivity contribution is 6.32. The monoisotopic (exact) mass is 269 g/mol. The number of nitrogens with one attached hydrogen (secondary N) is 1. The Hall–Kier alpha value is -0.770. The van der Waals surface area contributed by atoms with Crippen LogP contribution in [-0.2, 0) is 11.4 Å². The van der Waals surface area contributed by atoms with Crippen LogP contribution in [-0.4, -0.2) is 13.7 Å². The maximum absolute atomic E-state index is 6.26. The minimum atomic E-state index is 0.595. The second kappa shape index (κ2) is 6.41. The summed E-state index contributed by atoms with van der Waals surface area (Å²) in [5.74, 6) is 1.49. The highest BCUT2D eigenvalue weighted by atomic mass is 35.5. The molecule has 1 N–H and O–H groups in total. The molecule has 0 saturated heterocycles. The van der Waals surface area contributed by atoms with Crippen LogP contribution in [0, 0.1) is 12.8 Å². The van der Waals surface area contributed by atoms with Crippen molar-refractivity contribution in [3.8, 4) is 5.75 Å². The summed E-state index contributed by atoms with van der Waals surface area (Å²) in [5, 5.41) is 0.683. The molecule has 18 heavy (non-hydrogen) atoms. The first-order chi connectivity index (χ1) is 8.70. The van der Waals surface area contributed by atoms with Gasteiger partial charge in [0.2, 0.25) is 0 Å². The maximum Gasteiger partial charge on any atom is 0.142 e. The molecular formula is C14H20ClNO2. The summed E-state index contributed by atoms with van der Waals surface area (Å²) < 4.78 is 5.90. The predicted molar refractivity (Wildman–Crippen MR) is 72.9 cm³/mol. The molecule has 4 heteroatoms. The zero-order valence-electron chi connectivity index (χ0n) is 11.0. The van der Waals surface area contributed by atoms with Crippen molar-refractivity contribution in [3.05, 3.63) is 28.3 Å². The third-order valence-electron chi connectivity index (χ3n) is 3.36. The lowest BCUT2D eigenvalue weighted by Crippen LogP contribution is -2.20. The van der Waals surface area contributed by atoms with Gasteiger partial charge in [-0.25, -0.2) is 0 Å². The number of hydroxylamine groups is 1. The molecule has 1 fully saturated rings. The van der Waals surface area contributed by atoms with Gasteiger partial charge in [0.05, 0.1) is 18.7 Å². The van der Waals surface area contributed by atoms with Gasteiger partial charge in [-0.1, -0.05) is 24.1 Å². The molecule has 1 aliphatic carbocycles. The molecule has 0 atom stereocenters. The molecule has 0 aromatic heterocycles. The fourth-order valence-electron chi connectivity index (χ4n) is 2.10. The Morgan fingerprint density at radius 3 is 2.78 bits per heavy atom. The van der Waals surface area contributed by atoms with E-state index >= 15 is 0 Å². The molecule has 0 spiro atoms. The van der Waals surface area contributed by atoms with E-state index in [1.165, 1.54) is 19.3 Å². The van der Waals surface area contributed by atoms with E-state index < -0.39 is 0 Å². The predicted octanol–water partition coefficient (Wildman–Crippen LogP) is 3.48. The molecule has 1 saturated carbocycles. The average molecular weight is 270 g/mol. The molecule has 1 aromatic carbocycles. The van der Waals surface area contributed by atoms with Crippen LogP contribution in [0.1, 0.15) is 30.4 Å². The van der Waals surface area contributed by atoms with Gasteiger partial charge in [-0.15, -0.1) is 0 Å². The summed E-state index contributed by atoms with van der Waals surface area (Å²) in [6.07, 6.45) is 3.87. The molecule has 0 amide bonds. The van der Waals surface area contributed by atoms with Crippen LogP contribution in [0.2, 0.25) is 5.02 Å². The summed E-state index contributed by atoms with van der Waals surface area (Å²) in [7, 11) is 1.60. The van der Waals surface area contributed by atoms with Crippen molar-refractivity contribution < 1.29 is 9.57 Å². The van der Waals surface area contributed by atoms with E-state index in [0.717, 1.165) is 23.5 Å². The van der Waals surface area contributed by atoms with Crippen LogP contribution in [0.4, 0.5) is 0 Å². The van der Waals surface area contributed by atoms with Crippen molar-refractivity contribution in [2.45, 2.75) is 32.7 Å². The first kappa shape index (κ1) is 13.7. The molecule has 0 unspecified atom stereocenters. The highest BCUT2D eigenvalue weighted by Gasteiger charge is 2.19. The van der Waals surface area contributed by atoms with E-state index in [0.29, 0.717) is 17.5 Å². The summed E-state index contributed by atoms with van der Waals surface area (Å²) in [5.41, 5.74) is 5.01. The SMILES string of the molecule is CONCc1cc(C)cc(Cl)c1OCC1CCC1. The minimum absolute atomic E-state index is 0.595. The molecule has 100 valence electrons. The van der Waals surface area contributed by atoms with Crippen LogP contribution >= 0.6 is 11.6 Å². The topological polar surface area (TPSA) is 30.5 Å². The minimum Gasteiger partial charge on any atom is -0.491 e. The smallest absolute Gasteiger partial charge is 0.142 e. The number of halogens is 1. The van der Waals surface area contributed by atoms with E-state index in [-0.39, 0.29) is 0 Å². The van der Waals surface area contributed by atoms with Gasteiger partial charge >= 0.3 is 0 Å². The van der Waals surface area contributed by atoms with Crippen LogP contribution in [0.25, 0.3) is 0 Å². The Labute approximate surface area is 113 Å². The quantitative estimate of drug-likeness (QED) is 0.802. The largest absolute Gasteiger partial charge is 0.491 e. The van der Waals surface area contributed by atoms with Crippen molar-refractivity contribution in [3.63, 3.8) is 0 Å². The first-order valence-electron chi connectivity index (χ1n) is 6.38. The molecular weight excluding hydrogens is 250 g/mol. The van der Waals surface area contributed by atoms with Gasteiger partial charge in [0, 0.05) is 12.1 Å². The van der Waals surface area contributed by atoms with Crippen molar-refractivity contribution in [1.29, 1.82) is 0 Å². The van der Waals surface area contributed by atoms with Crippen LogP contribution < -0.4 is 10.2 Å². The van der Waals surface area contributed by atoms with Gasteiger partial charge in [-0.05, 0) is 37.3 Å². The average Bonchev–Trinajstić information content (AvgIpc) is 2.26. The third kappa shape index (κ3) is 3.37. The molecule has 1 aliphatic rings. The van der Waals surface area contributed by atoms with Crippen molar-refractivity contribution in [1.82, 2.24) is 5.48 Å². The van der Waals surface area contributed by atoms with Crippen molar-refractivity contribution in [2.75, 3.05) is 13.7 Å². The number of ether oxygens (including phenoxy) is 1. The Kier molecular flexibility index (Phi) is 4.87. The Balaban J connectivity index is 2.08. The lowest BCUT2D eigenvalue weighted by molar-refractivity contribution is 0.0854. The molecule has 0 bridgehead atoms. The second-order valence-corrected chi connectivity index (χ2v) is 5.28.